The highest BCUT2D eigenvalue weighted by Crippen LogP contribution is 2.34. The molecular weight excluding hydrogens is 271 g/mol. The van der Waals surface area contributed by atoms with Crippen molar-refractivity contribution in [3.63, 3.8) is 0 Å². The first-order valence-corrected chi connectivity index (χ1v) is 5.70. The zero-order chi connectivity index (χ0) is 7.68. The van der Waals surface area contributed by atoms with Gasteiger partial charge in [0.15, 0.2) is 0 Å². The Morgan fingerprint density at radius 1 is 1.36 bits per heavy atom. The second-order valence-electron chi connectivity index (χ2n) is 2.88. The highest BCUT2D eigenvalue weighted by Gasteiger charge is 2.20. The molecule has 2 rings (SSSR count). The highest BCUT2D eigenvalue weighted by atomic mass is 127. The molecule has 0 aliphatic heterocycles. The second kappa shape index (κ2) is 3.35. The van der Waals surface area contributed by atoms with Gasteiger partial charge in [0.05, 0.1) is 0 Å². The van der Waals surface area contributed by atoms with Gasteiger partial charge in [0.25, 0.3) is 0 Å². The SMILES string of the molecule is Ic1nsc(C2CCCC2)n1. The highest BCUT2D eigenvalue weighted by molar-refractivity contribution is 14.1. The van der Waals surface area contributed by atoms with E-state index in [9.17, 15) is 0 Å². The lowest BCUT2D eigenvalue weighted by Crippen LogP contribution is -1.90. The molecular formula is C7H9IN2S. The van der Waals surface area contributed by atoms with Gasteiger partial charge in [0, 0.05) is 28.5 Å². The van der Waals surface area contributed by atoms with Gasteiger partial charge in [0.2, 0.25) is 3.83 Å². The zero-order valence-corrected chi connectivity index (χ0v) is 9.06. The summed E-state index contributed by atoms with van der Waals surface area (Å²) in [6, 6.07) is 0. The minimum absolute atomic E-state index is 0.732. The molecule has 60 valence electrons. The van der Waals surface area contributed by atoms with Crippen LogP contribution in [-0.4, -0.2) is 9.36 Å². The smallest absolute Gasteiger partial charge is 0.203 e. The Morgan fingerprint density at radius 2 is 2.09 bits per heavy atom. The Balaban J connectivity index is 2.15. The lowest BCUT2D eigenvalue weighted by atomic mass is 10.1. The fourth-order valence-corrected chi connectivity index (χ4v) is 3.00. The van der Waals surface area contributed by atoms with Crippen LogP contribution in [0.1, 0.15) is 36.6 Å². The first-order chi connectivity index (χ1) is 5.36. The summed E-state index contributed by atoms with van der Waals surface area (Å²) < 4.78 is 5.09. The van der Waals surface area contributed by atoms with Gasteiger partial charge in [-0.1, -0.05) is 12.8 Å². The van der Waals surface area contributed by atoms with Crippen molar-refractivity contribution in [1.82, 2.24) is 9.36 Å². The molecule has 1 saturated carbocycles. The van der Waals surface area contributed by atoms with E-state index in [0.717, 1.165) is 9.75 Å². The van der Waals surface area contributed by atoms with Crippen molar-refractivity contribution in [2.75, 3.05) is 0 Å². The van der Waals surface area contributed by atoms with Crippen molar-refractivity contribution in [3.8, 4) is 0 Å². The Kier molecular flexibility index (Phi) is 2.41. The Bertz CT molecular complexity index is 242. The maximum absolute atomic E-state index is 4.39. The van der Waals surface area contributed by atoms with Gasteiger partial charge in [-0.25, -0.2) is 4.98 Å². The summed E-state index contributed by atoms with van der Waals surface area (Å²) in [4.78, 5) is 4.39. The largest absolute Gasteiger partial charge is 0.215 e. The standard InChI is InChI=1S/C7H9IN2S/c8-7-9-6(11-10-7)5-3-1-2-4-5/h5H,1-4H2. The first-order valence-electron chi connectivity index (χ1n) is 3.85. The summed E-state index contributed by atoms with van der Waals surface area (Å²) in [6.45, 7) is 0. The van der Waals surface area contributed by atoms with Crippen LogP contribution >= 0.6 is 34.1 Å². The quantitative estimate of drug-likeness (QED) is 0.739. The van der Waals surface area contributed by atoms with Crippen LogP contribution < -0.4 is 0 Å². The third-order valence-corrected chi connectivity index (χ3v) is 3.81. The van der Waals surface area contributed by atoms with Crippen LogP contribution in [-0.2, 0) is 0 Å². The monoisotopic (exact) mass is 280 g/mol. The first kappa shape index (κ1) is 7.91. The molecule has 4 heteroatoms. The third kappa shape index (κ3) is 1.72. The lowest BCUT2D eigenvalue weighted by molar-refractivity contribution is 0.714. The maximum Gasteiger partial charge on any atom is 0.203 e. The van der Waals surface area contributed by atoms with E-state index in [1.807, 2.05) is 0 Å². The fraction of sp³-hybridized carbons (Fsp3) is 0.714. The van der Waals surface area contributed by atoms with Gasteiger partial charge in [-0.15, -0.1) is 0 Å². The fourth-order valence-electron chi connectivity index (χ4n) is 1.55. The molecule has 1 aliphatic carbocycles. The van der Waals surface area contributed by atoms with E-state index in [4.69, 9.17) is 0 Å². The van der Waals surface area contributed by atoms with E-state index < -0.39 is 0 Å². The molecule has 1 aromatic heterocycles. The number of nitrogens with zero attached hydrogens (tertiary/aromatic N) is 2. The number of halogens is 1. The molecule has 0 aromatic carbocycles. The lowest BCUT2D eigenvalue weighted by Gasteiger charge is -2.00. The van der Waals surface area contributed by atoms with Crippen molar-refractivity contribution >= 4 is 34.1 Å². The van der Waals surface area contributed by atoms with Gasteiger partial charge >= 0.3 is 0 Å². The van der Waals surface area contributed by atoms with Gasteiger partial charge in [-0.05, 0) is 24.4 Å². The molecule has 0 spiro atoms. The maximum atomic E-state index is 4.39. The van der Waals surface area contributed by atoms with E-state index in [-0.39, 0.29) is 0 Å². The molecule has 0 bridgehead atoms. The molecule has 1 aliphatic rings. The topological polar surface area (TPSA) is 25.8 Å². The molecule has 2 nitrogen and oxygen atoms in total. The Hall–Kier alpha value is 0.290. The van der Waals surface area contributed by atoms with E-state index in [1.165, 1.54) is 30.7 Å². The Labute approximate surface area is 83.7 Å². The van der Waals surface area contributed by atoms with E-state index in [2.05, 4.69) is 31.9 Å². The second-order valence-corrected chi connectivity index (χ2v) is 4.63. The van der Waals surface area contributed by atoms with Crippen LogP contribution in [0.4, 0.5) is 0 Å². The average molecular weight is 280 g/mol. The minimum atomic E-state index is 0.732. The van der Waals surface area contributed by atoms with E-state index >= 15 is 0 Å². The normalized spacial score (nSPS) is 19.4. The molecule has 0 atom stereocenters. The van der Waals surface area contributed by atoms with Crippen molar-refractivity contribution in [2.45, 2.75) is 31.6 Å². The number of aromatic nitrogens is 2. The molecule has 0 radical (unpaired) electrons. The predicted molar refractivity (Wildman–Crippen MR) is 53.8 cm³/mol. The van der Waals surface area contributed by atoms with Crippen LogP contribution in [0, 0.1) is 3.83 Å². The van der Waals surface area contributed by atoms with E-state index in [1.54, 1.807) is 11.5 Å². The molecule has 1 aromatic rings. The molecule has 11 heavy (non-hydrogen) atoms. The molecule has 0 unspecified atom stereocenters. The van der Waals surface area contributed by atoms with Gasteiger partial charge in [-0.3, -0.25) is 0 Å². The Morgan fingerprint density at radius 3 is 2.64 bits per heavy atom. The number of rotatable bonds is 1. The third-order valence-electron chi connectivity index (χ3n) is 2.12. The molecule has 0 N–H and O–H groups in total. The minimum Gasteiger partial charge on any atom is -0.215 e. The van der Waals surface area contributed by atoms with Crippen LogP contribution in [0.15, 0.2) is 0 Å². The van der Waals surface area contributed by atoms with Crippen molar-refractivity contribution in [1.29, 1.82) is 0 Å². The molecule has 1 heterocycles. The van der Waals surface area contributed by atoms with Crippen molar-refractivity contribution < 1.29 is 0 Å². The summed E-state index contributed by atoms with van der Waals surface area (Å²) in [7, 11) is 0. The van der Waals surface area contributed by atoms with Crippen LogP contribution in [0.5, 0.6) is 0 Å². The van der Waals surface area contributed by atoms with Crippen LogP contribution in [0.2, 0.25) is 0 Å². The van der Waals surface area contributed by atoms with Gasteiger partial charge < -0.3 is 0 Å². The average Bonchev–Trinajstić information content (AvgIpc) is 2.55. The number of hydrogen-bond donors (Lipinski definition) is 0. The predicted octanol–water partition coefficient (Wildman–Crippen LogP) is 2.80. The molecule has 0 amide bonds. The van der Waals surface area contributed by atoms with Crippen molar-refractivity contribution in [2.24, 2.45) is 0 Å². The molecule has 0 saturated heterocycles. The van der Waals surface area contributed by atoms with Gasteiger partial charge in [0.1, 0.15) is 5.01 Å². The summed E-state index contributed by atoms with van der Waals surface area (Å²) in [5, 5.41) is 1.26. The summed E-state index contributed by atoms with van der Waals surface area (Å²) in [6.07, 6.45) is 5.40. The summed E-state index contributed by atoms with van der Waals surface area (Å²) in [5.41, 5.74) is 0. The van der Waals surface area contributed by atoms with Crippen LogP contribution in [0.25, 0.3) is 0 Å². The van der Waals surface area contributed by atoms with E-state index in [0.29, 0.717) is 0 Å². The zero-order valence-electron chi connectivity index (χ0n) is 6.09. The molecule has 1 fully saturated rings. The summed E-state index contributed by atoms with van der Waals surface area (Å²) in [5.74, 6) is 0.732. The van der Waals surface area contributed by atoms with Crippen molar-refractivity contribution in [3.05, 3.63) is 8.84 Å². The number of hydrogen-bond acceptors (Lipinski definition) is 3. The van der Waals surface area contributed by atoms with Gasteiger partial charge in [-0.2, -0.15) is 4.37 Å². The van der Waals surface area contributed by atoms with Crippen LogP contribution in [0.3, 0.4) is 0 Å². The summed E-state index contributed by atoms with van der Waals surface area (Å²) >= 11 is 3.75.